The van der Waals surface area contributed by atoms with Crippen molar-refractivity contribution in [3.63, 3.8) is 0 Å². The number of likely N-dealkylation sites (tertiary alicyclic amines) is 1. The van der Waals surface area contributed by atoms with E-state index >= 15 is 0 Å². The molecule has 1 saturated heterocycles. The second kappa shape index (κ2) is 6.71. The number of methoxy groups -OCH3 is 1. The molecule has 1 aliphatic heterocycles. The van der Waals surface area contributed by atoms with E-state index in [1.807, 2.05) is 17.0 Å². The second-order valence-electron chi connectivity index (χ2n) is 8.54. The van der Waals surface area contributed by atoms with Gasteiger partial charge in [0.1, 0.15) is 0 Å². The minimum Gasteiger partial charge on any atom is -0.384 e. The summed E-state index contributed by atoms with van der Waals surface area (Å²) in [6.45, 7) is 6.92. The van der Waals surface area contributed by atoms with E-state index in [1.54, 1.807) is 19.5 Å². The van der Waals surface area contributed by atoms with Crippen molar-refractivity contribution in [2.24, 2.45) is 16.7 Å². The Labute approximate surface area is 159 Å². The summed E-state index contributed by atoms with van der Waals surface area (Å²) in [5.41, 5.74) is 1.26. The number of aromatic nitrogens is 3. The number of fused-ring (bicyclic) bond motifs is 1. The molecular weight excluding hydrogens is 344 g/mol. The molecule has 1 saturated carbocycles. The van der Waals surface area contributed by atoms with Crippen molar-refractivity contribution in [3.8, 4) is 11.4 Å². The Kier molecular flexibility index (Phi) is 4.50. The fourth-order valence-corrected chi connectivity index (χ4v) is 5.14. The van der Waals surface area contributed by atoms with E-state index in [0.717, 1.165) is 31.7 Å². The number of carbonyl (C=O) groups is 1. The molecule has 3 heterocycles. The topological polar surface area (TPSA) is 81.4 Å². The standard InChI is InChI=1S/C20H26N4O3/c1-19(2)11-20(13-26-3)12-24(10-15(19)20)17(25)5-4-16-22-18(23-27-16)14-6-8-21-9-7-14/h6-9,15H,4-5,10-13H2,1-3H3/t15-,20-/m1/s1. The van der Waals surface area contributed by atoms with Crippen molar-refractivity contribution < 1.29 is 14.1 Å². The zero-order chi connectivity index (χ0) is 19.1. The lowest BCUT2D eigenvalue weighted by Crippen LogP contribution is -2.55. The number of rotatable bonds is 6. The number of hydrogen-bond donors (Lipinski definition) is 0. The van der Waals surface area contributed by atoms with Gasteiger partial charge in [-0.05, 0) is 29.9 Å². The number of nitrogens with zero attached hydrogens (tertiary/aromatic N) is 4. The Hall–Kier alpha value is -2.28. The molecule has 2 aromatic rings. The van der Waals surface area contributed by atoms with Crippen LogP contribution in [0, 0.1) is 16.7 Å². The van der Waals surface area contributed by atoms with E-state index in [1.165, 1.54) is 0 Å². The van der Waals surface area contributed by atoms with Gasteiger partial charge in [-0.1, -0.05) is 19.0 Å². The van der Waals surface area contributed by atoms with Gasteiger partial charge in [0.25, 0.3) is 0 Å². The monoisotopic (exact) mass is 370 g/mol. The Morgan fingerprint density at radius 2 is 2.15 bits per heavy atom. The smallest absolute Gasteiger partial charge is 0.227 e. The van der Waals surface area contributed by atoms with Gasteiger partial charge in [-0.2, -0.15) is 4.98 Å². The molecule has 1 aliphatic carbocycles. The highest BCUT2D eigenvalue weighted by molar-refractivity contribution is 5.77. The molecule has 0 spiro atoms. The molecule has 0 radical (unpaired) electrons. The van der Waals surface area contributed by atoms with E-state index in [4.69, 9.17) is 9.26 Å². The first-order valence-corrected chi connectivity index (χ1v) is 9.43. The lowest BCUT2D eigenvalue weighted by molar-refractivity contribution is -0.131. The number of pyridine rings is 1. The summed E-state index contributed by atoms with van der Waals surface area (Å²) in [6, 6.07) is 3.66. The molecule has 144 valence electrons. The highest BCUT2D eigenvalue weighted by Gasteiger charge is 2.63. The summed E-state index contributed by atoms with van der Waals surface area (Å²) in [7, 11) is 1.75. The van der Waals surface area contributed by atoms with Crippen molar-refractivity contribution in [1.29, 1.82) is 0 Å². The summed E-state index contributed by atoms with van der Waals surface area (Å²) in [5.74, 6) is 1.68. The van der Waals surface area contributed by atoms with Crippen LogP contribution in [0.25, 0.3) is 11.4 Å². The maximum absolute atomic E-state index is 12.8. The van der Waals surface area contributed by atoms with Crippen LogP contribution in [-0.4, -0.2) is 52.7 Å². The molecule has 2 aliphatic rings. The summed E-state index contributed by atoms with van der Waals surface area (Å²) in [5, 5.41) is 4.00. The number of amides is 1. The summed E-state index contributed by atoms with van der Waals surface area (Å²) in [6.07, 6.45) is 5.33. The zero-order valence-electron chi connectivity index (χ0n) is 16.1. The Balaban J connectivity index is 1.36. The third-order valence-electron chi connectivity index (χ3n) is 6.14. The minimum atomic E-state index is 0.132. The molecule has 4 rings (SSSR count). The first kappa shape index (κ1) is 18.1. The van der Waals surface area contributed by atoms with Gasteiger partial charge >= 0.3 is 0 Å². The highest BCUT2D eigenvalue weighted by atomic mass is 16.5. The van der Waals surface area contributed by atoms with Crippen LogP contribution in [0.5, 0.6) is 0 Å². The number of ether oxygens (including phenoxy) is 1. The third-order valence-corrected chi connectivity index (χ3v) is 6.14. The Morgan fingerprint density at radius 1 is 1.37 bits per heavy atom. The number of carbonyl (C=O) groups excluding carboxylic acids is 1. The molecule has 2 aromatic heterocycles. The van der Waals surface area contributed by atoms with Crippen LogP contribution in [0.15, 0.2) is 29.0 Å². The minimum absolute atomic E-state index is 0.132. The lowest BCUT2D eigenvalue weighted by Gasteiger charge is -2.56. The maximum atomic E-state index is 12.8. The van der Waals surface area contributed by atoms with Crippen LogP contribution in [-0.2, 0) is 16.0 Å². The van der Waals surface area contributed by atoms with Crippen LogP contribution < -0.4 is 0 Å². The molecular formula is C20H26N4O3. The van der Waals surface area contributed by atoms with Crippen molar-refractivity contribution >= 4 is 5.91 Å². The molecule has 0 bridgehead atoms. The highest BCUT2D eigenvalue weighted by Crippen LogP contribution is 2.62. The molecule has 2 atom stereocenters. The molecule has 2 fully saturated rings. The van der Waals surface area contributed by atoms with Crippen molar-refractivity contribution in [2.75, 3.05) is 26.8 Å². The first-order chi connectivity index (χ1) is 12.9. The van der Waals surface area contributed by atoms with E-state index in [0.29, 0.717) is 30.5 Å². The van der Waals surface area contributed by atoms with Gasteiger partial charge in [-0.15, -0.1) is 0 Å². The Morgan fingerprint density at radius 3 is 2.85 bits per heavy atom. The Bertz CT molecular complexity index is 820. The summed E-state index contributed by atoms with van der Waals surface area (Å²) >= 11 is 0. The number of aryl methyl sites for hydroxylation is 1. The predicted octanol–water partition coefficient (Wildman–Crippen LogP) is 2.59. The average Bonchev–Trinajstić information content (AvgIpc) is 3.24. The molecule has 7 heteroatoms. The lowest BCUT2D eigenvalue weighted by atomic mass is 9.48. The molecule has 7 nitrogen and oxygen atoms in total. The van der Waals surface area contributed by atoms with Crippen LogP contribution >= 0.6 is 0 Å². The average molecular weight is 370 g/mol. The van der Waals surface area contributed by atoms with Gasteiger partial charge in [-0.25, -0.2) is 0 Å². The molecule has 0 unspecified atom stereocenters. The van der Waals surface area contributed by atoms with Crippen molar-refractivity contribution in [3.05, 3.63) is 30.4 Å². The molecule has 0 aromatic carbocycles. The second-order valence-corrected chi connectivity index (χ2v) is 8.54. The van der Waals surface area contributed by atoms with E-state index in [2.05, 4.69) is 29.0 Å². The van der Waals surface area contributed by atoms with Gasteiger partial charge < -0.3 is 14.2 Å². The van der Waals surface area contributed by atoms with Gasteiger partial charge in [0.05, 0.1) is 6.61 Å². The van der Waals surface area contributed by atoms with Crippen LogP contribution in [0.1, 0.15) is 32.6 Å². The van der Waals surface area contributed by atoms with E-state index in [-0.39, 0.29) is 16.7 Å². The SMILES string of the molecule is COC[C@@]12CN(C(=O)CCc3nc(-c4ccncc4)no3)C[C@@H]1C(C)(C)C2. The fourth-order valence-electron chi connectivity index (χ4n) is 5.14. The van der Waals surface area contributed by atoms with Gasteiger partial charge in [-0.3, -0.25) is 9.78 Å². The van der Waals surface area contributed by atoms with Gasteiger partial charge in [0.2, 0.25) is 17.6 Å². The molecule has 27 heavy (non-hydrogen) atoms. The largest absolute Gasteiger partial charge is 0.384 e. The van der Waals surface area contributed by atoms with Crippen LogP contribution in [0.3, 0.4) is 0 Å². The van der Waals surface area contributed by atoms with Crippen molar-refractivity contribution in [2.45, 2.75) is 33.1 Å². The van der Waals surface area contributed by atoms with Crippen LogP contribution in [0.2, 0.25) is 0 Å². The third kappa shape index (κ3) is 3.25. The fraction of sp³-hybridized carbons (Fsp3) is 0.600. The number of hydrogen-bond acceptors (Lipinski definition) is 6. The quantitative estimate of drug-likeness (QED) is 0.777. The summed E-state index contributed by atoms with van der Waals surface area (Å²) < 4.78 is 10.8. The van der Waals surface area contributed by atoms with Gasteiger partial charge in [0, 0.05) is 56.4 Å². The van der Waals surface area contributed by atoms with E-state index in [9.17, 15) is 4.79 Å². The molecule has 0 N–H and O–H groups in total. The van der Waals surface area contributed by atoms with Crippen LogP contribution in [0.4, 0.5) is 0 Å². The molecule has 1 amide bonds. The zero-order valence-corrected chi connectivity index (χ0v) is 16.1. The van der Waals surface area contributed by atoms with E-state index < -0.39 is 0 Å². The first-order valence-electron chi connectivity index (χ1n) is 9.43. The maximum Gasteiger partial charge on any atom is 0.227 e. The predicted molar refractivity (Wildman–Crippen MR) is 98.6 cm³/mol. The van der Waals surface area contributed by atoms with Gasteiger partial charge in [0.15, 0.2) is 0 Å². The normalized spacial score (nSPS) is 25.9. The summed E-state index contributed by atoms with van der Waals surface area (Å²) in [4.78, 5) is 23.1. The van der Waals surface area contributed by atoms with Crippen molar-refractivity contribution in [1.82, 2.24) is 20.0 Å².